The second kappa shape index (κ2) is 10.6. The second-order valence-corrected chi connectivity index (χ2v) is 7.22. The molecule has 1 saturated heterocycles. The van der Waals surface area contributed by atoms with Gasteiger partial charge in [-0.1, -0.05) is 12.1 Å². The normalized spacial score (nSPS) is 25.4. The van der Waals surface area contributed by atoms with Crippen molar-refractivity contribution < 1.29 is 53.8 Å². The van der Waals surface area contributed by atoms with Crippen LogP contribution in [0.5, 0.6) is 11.5 Å². The van der Waals surface area contributed by atoms with E-state index in [0.29, 0.717) is 0 Å². The van der Waals surface area contributed by atoms with Gasteiger partial charge in [0.25, 0.3) is 0 Å². The highest BCUT2D eigenvalue weighted by Crippen LogP contribution is 2.43. The summed E-state index contributed by atoms with van der Waals surface area (Å²) in [5.74, 6) is -7.68. The molecule has 1 fully saturated rings. The number of carboxylic acid groups (broad SMARTS) is 3. The van der Waals surface area contributed by atoms with Gasteiger partial charge in [-0.25, -0.2) is 0 Å². The molecule has 1 heterocycles. The Labute approximate surface area is 177 Å². The van der Waals surface area contributed by atoms with Gasteiger partial charge in [-0.2, -0.15) is 0 Å². The summed E-state index contributed by atoms with van der Waals surface area (Å²) in [6, 6.07) is 5.84. The van der Waals surface area contributed by atoms with E-state index in [2.05, 4.69) is 0 Å². The molecule has 1 aliphatic rings. The van der Waals surface area contributed by atoms with Crippen molar-refractivity contribution in [3.63, 3.8) is 0 Å². The zero-order valence-corrected chi connectivity index (χ0v) is 16.7. The average molecular weight is 440 g/mol. The van der Waals surface area contributed by atoms with Crippen LogP contribution in [0.2, 0.25) is 0 Å². The van der Waals surface area contributed by atoms with Crippen molar-refractivity contribution in [3.05, 3.63) is 24.3 Å². The van der Waals surface area contributed by atoms with E-state index in [1.165, 1.54) is 18.2 Å². The number of phenols is 1. The van der Waals surface area contributed by atoms with Gasteiger partial charge in [0.2, 0.25) is 6.29 Å². The van der Waals surface area contributed by atoms with E-state index >= 15 is 0 Å². The second-order valence-electron chi connectivity index (χ2n) is 7.22. The van der Waals surface area contributed by atoms with Crippen molar-refractivity contribution in [3.8, 4) is 11.5 Å². The lowest BCUT2D eigenvalue weighted by Gasteiger charge is -2.45. The monoisotopic (exact) mass is 440 g/mol. The lowest BCUT2D eigenvalue weighted by molar-refractivity contribution is -0.237. The minimum atomic E-state index is -1.33. The Morgan fingerprint density at radius 3 is 2.00 bits per heavy atom. The molecular weight excluding hydrogens is 416 g/mol. The van der Waals surface area contributed by atoms with Crippen LogP contribution < -0.4 is 4.74 Å². The lowest BCUT2D eigenvalue weighted by atomic mass is 9.71. The summed E-state index contributed by atoms with van der Waals surface area (Å²) >= 11 is 0. The Balaban J connectivity index is 2.46. The summed E-state index contributed by atoms with van der Waals surface area (Å²) < 4.78 is 16.4. The fourth-order valence-electron chi connectivity index (χ4n) is 3.77. The van der Waals surface area contributed by atoms with E-state index in [1.54, 1.807) is 6.07 Å². The third kappa shape index (κ3) is 6.85. The van der Waals surface area contributed by atoms with Crippen LogP contribution in [0.25, 0.3) is 0 Å². The molecule has 4 N–H and O–H groups in total. The van der Waals surface area contributed by atoms with Gasteiger partial charge in [-0.3, -0.25) is 19.2 Å². The van der Waals surface area contributed by atoms with Crippen molar-refractivity contribution in [2.24, 2.45) is 17.8 Å². The van der Waals surface area contributed by atoms with Crippen LogP contribution >= 0.6 is 0 Å². The molecule has 2 rings (SSSR count). The van der Waals surface area contributed by atoms with Gasteiger partial charge >= 0.3 is 23.9 Å². The summed E-state index contributed by atoms with van der Waals surface area (Å²) in [4.78, 5) is 45.7. The number of para-hydroxylation sites is 2. The summed E-state index contributed by atoms with van der Waals surface area (Å²) in [7, 11) is 0. The molecule has 0 unspecified atom stereocenters. The van der Waals surface area contributed by atoms with Crippen molar-refractivity contribution in [2.75, 3.05) is 6.61 Å². The number of hydrogen-bond donors (Lipinski definition) is 4. The van der Waals surface area contributed by atoms with Crippen LogP contribution in [0.15, 0.2) is 24.3 Å². The predicted molar refractivity (Wildman–Crippen MR) is 101 cm³/mol. The molecule has 11 nitrogen and oxygen atoms in total. The number of benzene rings is 1. The first-order valence-electron chi connectivity index (χ1n) is 9.47. The lowest BCUT2D eigenvalue weighted by Crippen LogP contribution is -2.53. The maximum Gasteiger partial charge on any atom is 0.303 e. The summed E-state index contributed by atoms with van der Waals surface area (Å²) in [6.45, 7) is 0.775. The van der Waals surface area contributed by atoms with Gasteiger partial charge in [-0.15, -0.1) is 0 Å². The first-order chi connectivity index (χ1) is 14.6. The number of ether oxygens (including phenoxy) is 3. The van der Waals surface area contributed by atoms with Crippen molar-refractivity contribution in [1.82, 2.24) is 0 Å². The molecule has 1 aliphatic heterocycles. The molecule has 11 heteroatoms. The van der Waals surface area contributed by atoms with Crippen LogP contribution in [0.3, 0.4) is 0 Å². The number of aliphatic carboxylic acids is 3. The predicted octanol–water partition coefficient (Wildman–Crippen LogP) is 1.33. The average Bonchev–Trinajstić information content (AvgIpc) is 2.65. The maximum atomic E-state index is 11.5. The summed E-state index contributed by atoms with van der Waals surface area (Å²) in [6.07, 6.45) is -4.03. The summed E-state index contributed by atoms with van der Waals surface area (Å²) in [5.41, 5.74) is 0. The molecule has 1 aromatic carbocycles. The number of carboxylic acids is 3. The van der Waals surface area contributed by atoms with Gasteiger partial charge in [0.15, 0.2) is 11.5 Å². The highest BCUT2D eigenvalue weighted by atomic mass is 16.7. The molecule has 31 heavy (non-hydrogen) atoms. The maximum absolute atomic E-state index is 11.5. The van der Waals surface area contributed by atoms with Crippen molar-refractivity contribution in [2.45, 2.75) is 38.6 Å². The molecule has 0 bridgehead atoms. The smallest absolute Gasteiger partial charge is 0.303 e. The number of rotatable bonds is 10. The zero-order chi connectivity index (χ0) is 23.1. The van der Waals surface area contributed by atoms with Gasteiger partial charge in [0, 0.05) is 25.2 Å². The number of phenolic OH excluding ortho intramolecular Hbond substituents is 1. The highest BCUT2D eigenvalue weighted by molar-refractivity contribution is 5.70. The van der Waals surface area contributed by atoms with Gasteiger partial charge < -0.3 is 34.6 Å². The molecule has 170 valence electrons. The van der Waals surface area contributed by atoms with E-state index in [4.69, 9.17) is 14.2 Å². The molecule has 0 spiro atoms. The molecule has 1 aromatic rings. The molecule has 5 atom stereocenters. The van der Waals surface area contributed by atoms with Crippen LogP contribution in [-0.4, -0.2) is 63.3 Å². The molecule has 0 amide bonds. The molecule has 0 aliphatic carbocycles. The number of esters is 1. The van der Waals surface area contributed by atoms with Crippen LogP contribution in [0.4, 0.5) is 0 Å². The van der Waals surface area contributed by atoms with E-state index in [-0.39, 0.29) is 18.1 Å². The minimum Gasteiger partial charge on any atom is -0.504 e. The van der Waals surface area contributed by atoms with Crippen LogP contribution in [-0.2, 0) is 28.7 Å². The minimum absolute atomic E-state index is 0.0279. The largest absolute Gasteiger partial charge is 0.504 e. The first kappa shape index (κ1) is 23.9. The fourth-order valence-corrected chi connectivity index (χ4v) is 3.77. The Morgan fingerprint density at radius 2 is 1.45 bits per heavy atom. The Morgan fingerprint density at radius 1 is 0.903 bits per heavy atom. The molecule has 0 saturated carbocycles. The Kier molecular flexibility index (Phi) is 8.20. The zero-order valence-electron chi connectivity index (χ0n) is 16.7. The van der Waals surface area contributed by atoms with E-state index < -0.39 is 73.3 Å². The molecule has 0 radical (unpaired) electrons. The van der Waals surface area contributed by atoms with E-state index in [0.717, 1.165) is 6.92 Å². The topological polar surface area (TPSA) is 177 Å². The number of hydrogen-bond acceptors (Lipinski definition) is 8. The quantitative estimate of drug-likeness (QED) is 0.386. The van der Waals surface area contributed by atoms with Crippen LogP contribution in [0, 0.1) is 17.8 Å². The van der Waals surface area contributed by atoms with Crippen LogP contribution in [0.1, 0.15) is 26.2 Å². The Hall–Kier alpha value is -3.34. The highest BCUT2D eigenvalue weighted by Gasteiger charge is 2.49. The van der Waals surface area contributed by atoms with Crippen molar-refractivity contribution in [1.29, 1.82) is 0 Å². The van der Waals surface area contributed by atoms with E-state index in [1.807, 2.05) is 0 Å². The van der Waals surface area contributed by atoms with Gasteiger partial charge in [0.05, 0.1) is 18.9 Å². The Bertz CT molecular complexity index is 821. The van der Waals surface area contributed by atoms with Gasteiger partial charge in [0.1, 0.15) is 6.61 Å². The van der Waals surface area contributed by atoms with Crippen molar-refractivity contribution >= 4 is 23.9 Å². The third-order valence-corrected chi connectivity index (χ3v) is 5.03. The number of carbonyl (C=O) groups is 4. The molecule has 0 aromatic heterocycles. The van der Waals surface area contributed by atoms with E-state index in [9.17, 15) is 39.6 Å². The number of carbonyl (C=O) groups excluding carboxylic acids is 1. The molecular formula is C20H24O11. The third-order valence-electron chi connectivity index (χ3n) is 5.03. The standard InChI is InChI=1S/C20H24O11/c1-10(21)29-9-16-12(7-18(25)26)11(6-17(23)24)13(8-19(27)28)20(31-16)30-15-5-3-2-4-14(15)22/h2-5,11-13,16,20,22H,6-9H2,1H3,(H,23,24)(H,25,26)(H,27,28)/t11-,12+,13+,16-,20-/m0/s1. The fraction of sp³-hybridized carbons (Fsp3) is 0.500. The van der Waals surface area contributed by atoms with Gasteiger partial charge in [-0.05, 0) is 18.1 Å². The summed E-state index contributed by atoms with van der Waals surface area (Å²) in [5, 5.41) is 38.1. The SMILES string of the molecule is CC(=O)OC[C@@H]1O[C@H](Oc2ccccc2O)[C@H](CC(=O)O)[C@@H](CC(=O)O)[C@H]1CC(=O)O. The number of aromatic hydroxyl groups is 1. The first-order valence-corrected chi connectivity index (χ1v) is 9.47.